The second-order valence-corrected chi connectivity index (χ2v) is 4.06. The van der Waals surface area contributed by atoms with Gasteiger partial charge in [0, 0.05) is 6.54 Å². The minimum Gasteiger partial charge on any atom is -0.450 e. The number of carbonyl (C=O) groups excluding carboxylic acids is 1. The lowest BCUT2D eigenvalue weighted by Crippen LogP contribution is -2.31. The second-order valence-electron chi connectivity index (χ2n) is 4.06. The smallest absolute Gasteiger partial charge is 0.407 e. The summed E-state index contributed by atoms with van der Waals surface area (Å²) >= 11 is 0. The fourth-order valence-corrected chi connectivity index (χ4v) is 1.77. The Bertz CT molecular complexity index is 179. The highest BCUT2D eigenvalue weighted by Crippen LogP contribution is 2.13. The molecule has 0 aromatic heterocycles. The fraction of sp³-hybridized carbons (Fsp3) is 0.909. The van der Waals surface area contributed by atoms with Gasteiger partial charge in [0.2, 0.25) is 0 Å². The van der Waals surface area contributed by atoms with E-state index in [4.69, 9.17) is 4.74 Å². The Morgan fingerprint density at radius 3 is 3.13 bits per heavy atom. The quantitative estimate of drug-likeness (QED) is 0.729. The van der Waals surface area contributed by atoms with E-state index in [1.165, 1.54) is 12.8 Å². The summed E-state index contributed by atoms with van der Waals surface area (Å²) in [6.07, 6.45) is 4.15. The molecule has 0 radical (unpaired) electrons. The van der Waals surface area contributed by atoms with E-state index in [0.717, 1.165) is 25.9 Å². The van der Waals surface area contributed by atoms with Gasteiger partial charge in [0.15, 0.2) is 0 Å². The molecule has 1 heterocycles. The lowest BCUT2D eigenvalue weighted by Gasteiger charge is -2.22. The molecule has 1 aliphatic heterocycles. The summed E-state index contributed by atoms with van der Waals surface area (Å²) in [5, 5.41) is 6.04. The topological polar surface area (TPSA) is 50.4 Å². The van der Waals surface area contributed by atoms with Gasteiger partial charge in [0.05, 0.1) is 6.61 Å². The molecule has 1 aliphatic rings. The zero-order chi connectivity index (χ0) is 10.9. The molecule has 1 rings (SSSR count). The third-order valence-electron chi connectivity index (χ3n) is 2.68. The second kappa shape index (κ2) is 7.51. The molecule has 1 amide bonds. The molecule has 2 N–H and O–H groups in total. The van der Waals surface area contributed by atoms with Crippen LogP contribution >= 0.6 is 0 Å². The van der Waals surface area contributed by atoms with Crippen molar-refractivity contribution in [3.8, 4) is 0 Å². The summed E-state index contributed by atoms with van der Waals surface area (Å²) in [5.41, 5.74) is 0. The third kappa shape index (κ3) is 5.62. The summed E-state index contributed by atoms with van der Waals surface area (Å²) in [6, 6.07) is 0. The van der Waals surface area contributed by atoms with Gasteiger partial charge in [-0.05, 0) is 44.7 Å². The van der Waals surface area contributed by atoms with Crippen molar-refractivity contribution in [3.05, 3.63) is 0 Å². The summed E-state index contributed by atoms with van der Waals surface area (Å²) in [6.45, 7) is 5.47. The number of piperidine rings is 1. The molecule has 0 saturated carbocycles. The van der Waals surface area contributed by atoms with Crippen LogP contribution in [0.2, 0.25) is 0 Å². The summed E-state index contributed by atoms with van der Waals surface area (Å²) in [5.74, 6) is 0.678. The van der Waals surface area contributed by atoms with Crippen LogP contribution in [0.1, 0.15) is 32.6 Å². The van der Waals surface area contributed by atoms with E-state index < -0.39 is 0 Å². The van der Waals surface area contributed by atoms with Crippen molar-refractivity contribution in [2.75, 3.05) is 26.2 Å². The van der Waals surface area contributed by atoms with Gasteiger partial charge in [0.25, 0.3) is 0 Å². The predicted molar refractivity (Wildman–Crippen MR) is 59.9 cm³/mol. The molecule has 0 spiro atoms. The number of hydrogen-bond donors (Lipinski definition) is 2. The molecule has 15 heavy (non-hydrogen) atoms. The minimum atomic E-state index is -0.277. The molecule has 1 fully saturated rings. The zero-order valence-corrected chi connectivity index (χ0v) is 9.55. The zero-order valence-electron chi connectivity index (χ0n) is 9.55. The monoisotopic (exact) mass is 214 g/mol. The number of carbonyl (C=O) groups is 1. The lowest BCUT2D eigenvalue weighted by molar-refractivity contribution is 0.136. The molecule has 88 valence electrons. The van der Waals surface area contributed by atoms with Crippen molar-refractivity contribution >= 4 is 6.09 Å². The molecule has 1 atom stereocenters. The molecular formula is C11H22N2O2. The van der Waals surface area contributed by atoms with Crippen molar-refractivity contribution in [1.29, 1.82) is 0 Å². The van der Waals surface area contributed by atoms with Gasteiger partial charge in [-0.15, -0.1) is 0 Å². The molecule has 0 aliphatic carbocycles. The standard InChI is InChI=1S/C11H22N2O2/c1-2-6-13-11(14)15-8-5-10-4-3-7-12-9-10/h10,12H,2-9H2,1H3,(H,13,14). The van der Waals surface area contributed by atoms with Gasteiger partial charge in [-0.25, -0.2) is 4.79 Å². The van der Waals surface area contributed by atoms with E-state index >= 15 is 0 Å². The van der Waals surface area contributed by atoms with Crippen molar-refractivity contribution in [1.82, 2.24) is 10.6 Å². The molecule has 4 nitrogen and oxygen atoms in total. The van der Waals surface area contributed by atoms with Crippen LogP contribution < -0.4 is 10.6 Å². The van der Waals surface area contributed by atoms with E-state index in [0.29, 0.717) is 19.1 Å². The largest absolute Gasteiger partial charge is 0.450 e. The Morgan fingerprint density at radius 1 is 1.60 bits per heavy atom. The van der Waals surface area contributed by atoms with Gasteiger partial charge in [-0.3, -0.25) is 0 Å². The van der Waals surface area contributed by atoms with E-state index in [1.807, 2.05) is 6.92 Å². The van der Waals surface area contributed by atoms with Crippen LogP contribution in [-0.2, 0) is 4.74 Å². The average molecular weight is 214 g/mol. The first-order valence-electron chi connectivity index (χ1n) is 5.94. The van der Waals surface area contributed by atoms with Crippen LogP contribution in [0, 0.1) is 5.92 Å². The van der Waals surface area contributed by atoms with Crippen LogP contribution in [-0.4, -0.2) is 32.3 Å². The Kier molecular flexibility index (Phi) is 6.16. The number of ether oxygens (including phenoxy) is 1. The number of amides is 1. The highest BCUT2D eigenvalue weighted by molar-refractivity contribution is 5.66. The summed E-state index contributed by atoms with van der Waals surface area (Å²) in [7, 11) is 0. The summed E-state index contributed by atoms with van der Waals surface area (Å²) < 4.78 is 5.07. The maximum atomic E-state index is 11.1. The maximum Gasteiger partial charge on any atom is 0.407 e. The molecular weight excluding hydrogens is 192 g/mol. The molecule has 1 saturated heterocycles. The van der Waals surface area contributed by atoms with E-state index in [1.54, 1.807) is 0 Å². The highest BCUT2D eigenvalue weighted by Gasteiger charge is 2.13. The Balaban J connectivity index is 1.97. The molecule has 1 unspecified atom stereocenters. The number of hydrogen-bond acceptors (Lipinski definition) is 3. The van der Waals surface area contributed by atoms with Crippen molar-refractivity contribution in [3.63, 3.8) is 0 Å². The number of alkyl carbamates (subject to hydrolysis) is 1. The SMILES string of the molecule is CCCNC(=O)OCCC1CCCNC1. The van der Waals surface area contributed by atoms with Crippen LogP contribution in [0.3, 0.4) is 0 Å². The van der Waals surface area contributed by atoms with E-state index in [9.17, 15) is 4.79 Å². The normalized spacial score (nSPS) is 21.0. The van der Waals surface area contributed by atoms with Crippen LogP contribution in [0.25, 0.3) is 0 Å². The van der Waals surface area contributed by atoms with Gasteiger partial charge >= 0.3 is 6.09 Å². The van der Waals surface area contributed by atoms with Crippen LogP contribution in [0.5, 0.6) is 0 Å². The molecule has 0 aromatic carbocycles. The van der Waals surface area contributed by atoms with Crippen molar-refractivity contribution in [2.45, 2.75) is 32.6 Å². The maximum absolute atomic E-state index is 11.1. The Morgan fingerprint density at radius 2 is 2.47 bits per heavy atom. The lowest BCUT2D eigenvalue weighted by atomic mass is 9.97. The van der Waals surface area contributed by atoms with Gasteiger partial charge in [-0.2, -0.15) is 0 Å². The van der Waals surface area contributed by atoms with Gasteiger partial charge in [0.1, 0.15) is 0 Å². The molecule has 4 heteroatoms. The minimum absolute atomic E-state index is 0.277. The average Bonchev–Trinajstić information content (AvgIpc) is 2.28. The Hall–Kier alpha value is -0.770. The Labute approximate surface area is 91.8 Å². The van der Waals surface area contributed by atoms with Crippen LogP contribution in [0.4, 0.5) is 4.79 Å². The first kappa shape index (κ1) is 12.3. The first-order chi connectivity index (χ1) is 7.33. The van der Waals surface area contributed by atoms with Gasteiger partial charge in [-0.1, -0.05) is 6.92 Å². The highest BCUT2D eigenvalue weighted by atomic mass is 16.5. The fourth-order valence-electron chi connectivity index (χ4n) is 1.77. The summed E-state index contributed by atoms with van der Waals surface area (Å²) in [4.78, 5) is 11.1. The van der Waals surface area contributed by atoms with Gasteiger partial charge < -0.3 is 15.4 Å². The number of rotatable bonds is 5. The third-order valence-corrected chi connectivity index (χ3v) is 2.68. The predicted octanol–water partition coefficient (Wildman–Crippen LogP) is 1.51. The van der Waals surface area contributed by atoms with Crippen molar-refractivity contribution in [2.24, 2.45) is 5.92 Å². The molecule has 0 aromatic rings. The van der Waals surface area contributed by atoms with Crippen LogP contribution in [0.15, 0.2) is 0 Å². The van der Waals surface area contributed by atoms with Crippen molar-refractivity contribution < 1.29 is 9.53 Å². The molecule has 0 bridgehead atoms. The van der Waals surface area contributed by atoms with E-state index in [-0.39, 0.29) is 6.09 Å². The number of nitrogens with one attached hydrogen (secondary N) is 2. The first-order valence-corrected chi connectivity index (χ1v) is 5.94. The van der Waals surface area contributed by atoms with E-state index in [2.05, 4.69) is 10.6 Å².